The van der Waals surface area contributed by atoms with Gasteiger partial charge in [0.15, 0.2) is 0 Å². The van der Waals surface area contributed by atoms with Crippen LogP contribution in [0.4, 0.5) is 5.69 Å². The van der Waals surface area contributed by atoms with Crippen LogP contribution in [0.3, 0.4) is 0 Å². The fraction of sp³-hybridized carbons (Fsp3) is 0.345. The number of carbonyl (C=O) groups is 1. The average Bonchev–Trinajstić information content (AvgIpc) is 2.76. The highest BCUT2D eigenvalue weighted by molar-refractivity contribution is 5.82. The molecule has 4 rings (SSSR count). The van der Waals surface area contributed by atoms with Crippen LogP contribution in [0.1, 0.15) is 57.0 Å². The molecule has 0 fully saturated rings. The van der Waals surface area contributed by atoms with Gasteiger partial charge in [-0.3, -0.25) is 4.79 Å². The van der Waals surface area contributed by atoms with Gasteiger partial charge in [0.1, 0.15) is 0 Å². The molecule has 0 unspecified atom stereocenters. The van der Waals surface area contributed by atoms with Crippen molar-refractivity contribution in [3.63, 3.8) is 0 Å². The molecule has 0 aromatic heterocycles. The molecule has 0 aliphatic carbocycles. The Bertz CT molecular complexity index is 1140. The monoisotopic (exact) mass is 441 g/mol. The van der Waals surface area contributed by atoms with Gasteiger partial charge in [-0.25, -0.2) is 0 Å². The van der Waals surface area contributed by atoms with Gasteiger partial charge in [0.05, 0.1) is 12.1 Å². The largest absolute Gasteiger partial charge is 0.385 e. The second kappa shape index (κ2) is 9.80. The van der Waals surface area contributed by atoms with Gasteiger partial charge in [0.2, 0.25) is 5.91 Å². The van der Waals surface area contributed by atoms with Crippen LogP contribution in [0, 0.1) is 27.7 Å². The minimum Gasteiger partial charge on any atom is -0.385 e. The summed E-state index contributed by atoms with van der Waals surface area (Å²) in [6, 6.07) is 18.9. The molecule has 0 bridgehead atoms. The predicted molar refractivity (Wildman–Crippen MR) is 137 cm³/mol. The molecule has 4 nitrogen and oxygen atoms in total. The lowest BCUT2D eigenvalue weighted by atomic mass is 9.92. The molecule has 1 amide bonds. The molecule has 2 atom stereocenters. The predicted octanol–water partition coefficient (Wildman–Crippen LogP) is 5.05. The molecule has 1 aliphatic heterocycles. The smallest absolute Gasteiger partial charge is 0.237 e. The topological polar surface area (TPSA) is 67.2 Å². The van der Waals surface area contributed by atoms with Gasteiger partial charge in [-0.1, -0.05) is 59.7 Å². The zero-order valence-corrected chi connectivity index (χ0v) is 20.2. The van der Waals surface area contributed by atoms with Crippen molar-refractivity contribution in [1.82, 2.24) is 5.32 Å². The van der Waals surface area contributed by atoms with E-state index in [9.17, 15) is 4.79 Å². The summed E-state index contributed by atoms with van der Waals surface area (Å²) in [4.78, 5) is 13.1. The Labute approximate surface area is 197 Å². The summed E-state index contributed by atoms with van der Waals surface area (Å²) in [6.45, 7) is 9.24. The number of anilines is 1. The Kier molecular flexibility index (Phi) is 6.85. The second-order valence-corrected chi connectivity index (χ2v) is 9.55. The van der Waals surface area contributed by atoms with E-state index in [2.05, 4.69) is 92.9 Å². The summed E-state index contributed by atoms with van der Waals surface area (Å²) in [6.07, 6.45) is 2.28. The molecule has 0 spiro atoms. The summed E-state index contributed by atoms with van der Waals surface area (Å²) < 4.78 is 0. The number of rotatable bonds is 6. The highest BCUT2D eigenvalue weighted by Gasteiger charge is 2.25. The summed E-state index contributed by atoms with van der Waals surface area (Å²) in [7, 11) is 0. The first-order valence-electron chi connectivity index (χ1n) is 11.8. The summed E-state index contributed by atoms with van der Waals surface area (Å²) in [5, 5.41) is 6.71. The number of carbonyl (C=O) groups excluding carboxylic acids is 1. The van der Waals surface area contributed by atoms with E-state index in [4.69, 9.17) is 5.73 Å². The molecule has 4 N–H and O–H groups in total. The molecule has 172 valence electrons. The van der Waals surface area contributed by atoms with Crippen LogP contribution in [-0.2, 0) is 17.6 Å². The molecule has 1 aliphatic rings. The van der Waals surface area contributed by atoms with Crippen LogP contribution < -0.4 is 16.4 Å². The number of fused-ring (bicyclic) bond motifs is 1. The first-order valence-corrected chi connectivity index (χ1v) is 11.8. The van der Waals surface area contributed by atoms with Crippen LogP contribution in [-0.4, -0.2) is 18.5 Å². The first-order chi connectivity index (χ1) is 15.8. The highest BCUT2D eigenvalue weighted by atomic mass is 16.2. The number of aryl methyl sites for hydroxylation is 4. The van der Waals surface area contributed by atoms with Crippen molar-refractivity contribution in [2.24, 2.45) is 5.73 Å². The third kappa shape index (κ3) is 5.45. The molecular weight excluding hydrogens is 406 g/mol. The van der Waals surface area contributed by atoms with Crippen molar-refractivity contribution < 1.29 is 4.79 Å². The van der Waals surface area contributed by atoms with Gasteiger partial charge in [-0.2, -0.15) is 0 Å². The van der Waals surface area contributed by atoms with Crippen LogP contribution in [0.15, 0.2) is 54.6 Å². The second-order valence-electron chi connectivity index (χ2n) is 9.55. The van der Waals surface area contributed by atoms with Crippen molar-refractivity contribution in [2.45, 2.75) is 59.0 Å². The lowest BCUT2D eigenvalue weighted by Crippen LogP contribution is -2.44. The number of hydrogen-bond donors (Lipinski definition) is 3. The number of benzene rings is 3. The van der Waals surface area contributed by atoms with E-state index in [0.29, 0.717) is 6.42 Å². The molecule has 0 saturated carbocycles. The molecule has 3 aromatic rings. The van der Waals surface area contributed by atoms with Crippen molar-refractivity contribution in [3.8, 4) is 0 Å². The highest BCUT2D eigenvalue weighted by Crippen LogP contribution is 2.31. The normalized spacial score (nSPS) is 16.0. The quantitative estimate of drug-likeness (QED) is 0.501. The van der Waals surface area contributed by atoms with E-state index in [1.807, 2.05) is 0 Å². The van der Waals surface area contributed by atoms with Crippen molar-refractivity contribution in [3.05, 3.63) is 99.1 Å². The van der Waals surface area contributed by atoms with E-state index < -0.39 is 6.04 Å². The van der Waals surface area contributed by atoms with Crippen molar-refractivity contribution in [2.75, 3.05) is 11.9 Å². The number of nitrogens with two attached hydrogens (primary N) is 1. The zero-order valence-electron chi connectivity index (χ0n) is 20.2. The minimum atomic E-state index is -0.570. The fourth-order valence-corrected chi connectivity index (χ4v) is 5.01. The van der Waals surface area contributed by atoms with E-state index in [1.54, 1.807) is 0 Å². The third-order valence-corrected chi connectivity index (χ3v) is 6.65. The van der Waals surface area contributed by atoms with E-state index in [0.717, 1.165) is 30.6 Å². The Hall–Kier alpha value is -3.11. The molecule has 4 heteroatoms. The Balaban J connectivity index is 1.48. The zero-order chi connectivity index (χ0) is 23.5. The summed E-state index contributed by atoms with van der Waals surface area (Å²) in [5.41, 5.74) is 17.2. The maximum atomic E-state index is 13.1. The molecule has 33 heavy (non-hydrogen) atoms. The van der Waals surface area contributed by atoms with E-state index in [-0.39, 0.29) is 11.9 Å². The van der Waals surface area contributed by atoms with Gasteiger partial charge >= 0.3 is 0 Å². The van der Waals surface area contributed by atoms with Crippen LogP contribution >= 0.6 is 0 Å². The standard InChI is InChI=1S/C29H35N3O/c1-18-6-5-7-22(14-18)15-23-8-9-27-25(16-23)28(10-11-31-27)32-29(33)26(30)17-24-20(3)12-19(2)13-21(24)4/h5-9,12-14,16,26,28,31H,10-11,15,17,30H2,1-4H3,(H,32,33)/t26-,28+/m0/s1. The van der Waals surface area contributed by atoms with Crippen molar-refractivity contribution >= 4 is 11.6 Å². The van der Waals surface area contributed by atoms with Crippen molar-refractivity contribution in [1.29, 1.82) is 0 Å². The van der Waals surface area contributed by atoms with Crippen LogP contribution in [0.2, 0.25) is 0 Å². The van der Waals surface area contributed by atoms with E-state index in [1.165, 1.54) is 38.9 Å². The summed E-state index contributed by atoms with van der Waals surface area (Å²) >= 11 is 0. The van der Waals surface area contributed by atoms with Gasteiger partial charge in [-0.05, 0) is 86.4 Å². The van der Waals surface area contributed by atoms with Gasteiger partial charge in [0.25, 0.3) is 0 Å². The maximum Gasteiger partial charge on any atom is 0.237 e. The molecule has 3 aromatic carbocycles. The van der Waals surface area contributed by atoms with E-state index >= 15 is 0 Å². The lowest BCUT2D eigenvalue weighted by Gasteiger charge is -2.29. The molecule has 0 radical (unpaired) electrons. The molecule has 0 saturated heterocycles. The van der Waals surface area contributed by atoms with Gasteiger partial charge in [0, 0.05) is 12.2 Å². The SMILES string of the molecule is Cc1cccc(Cc2ccc3c(c2)[C@H](NC(=O)[C@@H](N)Cc2c(C)cc(C)cc2C)CCN3)c1. The fourth-order valence-electron chi connectivity index (χ4n) is 5.01. The van der Waals surface area contributed by atoms with Crippen LogP contribution in [0.5, 0.6) is 0 Å². The molecular formula is C29H35N3O. The number of amides is 1. The number of nitrogens with one attached hydrogen (secondary N) is 2. The Morgan fingerprint density at radius 1 is 1.00 bits per heavy atom. The average molecular weight is 442 g/mol. The number of hydrogen-bond acceptors (Lipinski definition) is 3. The minimum absolute atomic E-state index is 0.0301. The third-order valence-electron chi connectivity index (χ3n) is 6.65. The molecule has 1 heterocycles. The lowest BCUT2D eigenvalue weighted by molar-refractivity contribution is -0.123. The van der Waals surface area contributed by atoms with Gasteiger partial charge < -0.3 is 16.4 Å². The Morgan fingerprint density at radius 2 is 1.73 bits per heavy atom. The Morgan fingerprint density at radius 3 is 2.45 bits per heavy atom. The van der Waals surface area contributed by atoms with Gasteiger partial charge in [-0.15, -0.1) is 0 Å². The van der Waals surface area contributed by atoms with Crippen LogP contribution in [0.25, 0.3) is 0 Å². The maximum absolute atomic E-state index is 13.1. The first kappa shape index (κ1) is 23.1. The summed E-state index contributed by atoms with van der Waals surface area (Å²) in [5.74, 6) is -0.0867.